The van der Waals surface area contributed by atoms with Crippen LogP contribution in [0.25, 0.3) is 16.4 Å². The van der Waals surface area contributed by atoms with E-state index < -0.39 is 0 Å². The maximum atomic E-state index is 5.86. The number of likely N-dealkylation sites (tertiary alicyclic amines) is 1. The highest BCUT2D eigenvalue weighted by atomic mass is 32.1. The van der Waals surface area contributed by atoms with Crippen molar-refractivity contribution in [2.75, 3.05) is 20.2 Å². The number of ether oxygens (including phenoxy) is 1. The van der Waals surface area contributed by atoms with Gasteiger partial charge in [-0.1, -0.05) is 25.1 Å². The fourth-order valence-corrected chi connectivity index (χ4v) is 4.68. The average molecular weight is 401 g/mol. The van der Waals surface area contributed by atoms with Gasteiger partial charge >= 0.3 is 0 Å². The van der Waals surface area contributed by atoms with E-state index in [0.29, 0.717) is 4.77 Å². The van der Waals surface area contributed by atoms with Crippen molar-refractivity contribution >= 4 is 23.6 Å². The molecule has 3 heterocycles. The van der Waals surface area contributed by atoms with Crippen LogP contribution in [0.2, 0.25) is 0 Å². The van der Waals surface area contributed by atoms with Crippen LogP contribution in [0.3, 0.4) is 0 Å². The number of methoxy groups -OCH3 is 1. The summed E-state index contributed by atoms with van der Waals surface area (Å²) in [5.74, 6) is 2.38. The molecule has 0 saturated carbocycles. The van der Waals surface area contributed by atoms with Crippen LogP contribution in [0.1, 0.15) is 19.8 Å². The Morgan fingerprint density at radius 3 is 2.85 bits per heavy atom. The van der Waals surface area contributed by atoms with Crippen molar-refractivity contribution in [3.63, 3.8) is 0 Å². The molecule has 0 spiro atoms. The molecule has 0 amide bonds. The first kappa shape index (κ1) is 18.4. The van der Waals surface area contributed by atoms with Crippen LogP contribution in [0.5, 0.6) is 5.75 Å². The molecule has 0 radical (unpaired) electrons. The van der Waals surface area contributed by atoms with Gasteiger partial charge in [-0.15, -0.1) is 16.4 Å². The van der Waals surface area contributed by atoms with E-state index >= 15 is 0 Å². The number of piperidine rings is 1. The molecule has 1 atom stereocenters. The van der Waals surface area contributed by atoms with Crippen LogP contribution in [-0.2, 0) is 6.67 Å². The van der Waals surface area contributed by atoms with Gasteiger partial charge < -0.3 is 4.74 Å². The van der Waals surface area contributed by atoms with Gasteiger partial charge in [0.15, 0.2) is 5.82 Å². The first-order valence-electron chi connectivity index (χ1n) is 9.27. The molecule has 7 heteroatoms. The summed E-state index contributed by atoms with van der Waals surface area (Å²) in [6.07, 6.45) is 2.54. The summed E-state index contributed by atoms with van der Waals surface area (Å²) in [4.78, 5) is 3.54. The summed E-state index contributed by atoms with van der Waals surface area (Å²) in [5, 5.41) is 6.98. The van der Waals surface area contributed by atoms with E-state index in [1.165, 1.54) is 12.8 Å². The molecule has 3 aromatic rings. The zero-order valence-corrected chi connectivity index (χ0v) is 17.3. The van der Waals surface area contributed by atoms with E-state index in [0.717, 1.165) is 47.8 Å². The Balaban J connectivity index is 1.80. The van der Waals surface area contributed by atoms with Crippen molar-refractivity contribution in [3.8, 4) is 22.1 Å². The molecule has 27 heavy (non-hydrogen) atoms. The second-order valence-electron chi connectivity index (χ2n) is 7.06. The molecular weight excluding hydrogens is 376 g/mol. The Labute approximate surface area is 168 Å². The molecule has 0 unspecified atom stereocenters. The van der Waals surface area contributed by atoms with Crippen LogP contribution in [0.15, 0.2) is 41.8 Å². The lowest BCUT2D eigenvalue weighted by atomic mass is 10.0. The second-order valence-corrected chi connectivity index (χ2v) is 8.37. The van der Waals surface area contributed by atoms with E-state index in [9.17, 15) is 0 Å². The highest BCUT2D eigenvalue weighted by molar-refractivity contribution is 7.71. The lowest BCUT2D eigenvalue weighted by molar-refractivity contribution is 0.138. The number of rotatable bonds is 5. The number of thiophene rings is 1. The van der Waals surface area contributed by atoms with Crippen molar-refractivity contribution in [2.45, 2.75) is 26.4 Å². The standard InChI is InChI=1S/C20H24N4OS2/c1-15-7-5-11-22(13-15)14-23-20(26)24(16-8-3-4-9-17(16)25-2)19(21-23)18-10-6-12-27-18/h3-4,6,8-10,12,15H,5,7,11,13-14H2,1-2H3/t15-/m1/s1. The van der Waals surface area contributed by atoms with Gasteiger partial charge in [-0.25, -0.2) is 4.68 Å². The Morgan fingerprint density at radius 2 is 2.11 bits per heavy atom. The number of hydrogen-bond acceptors (Lipinski definition) is 5. The molecular formula is C20H24N4OS2. The minimum Gasteiger partial charge on any atom is -0.495 e. The number of para-hydroxylation sites is 2. The Kier molecular flexibility index (Phi) is 5.43. The SMILES string of the molecule is COc1ccccc1-n1c(-c2cccs2)nn(CN2CCC[C@@H](C)C2)c1=S. The zero-order chi connectivity index (χ0) is 18.8. The predicted octanol–water partition coefficient (Wildman–Crippen LogP) is 4.83. The van der Waals surface area contributed by atoms with Gasteiger partial charge in [0.1, 0.15) is 5.75 Å². The lowest BCUT2D eigenvalue weighted by Crippen LogP contribution is -2.36. The minimum atomic E-state index is 0.695. The first-order valence-corrected chi connectivity index (χ1v) is 10.6. The largest absolute Gasteiger partial charge is 0.495 e. The smallest absolute Gasteiger partial charge is 0.204 e. The maximum absolute atomic E-state index is 5.86. The van der Waals surface area contributed by atoms with Crippen molar-refractivity contribution in [1.82, 2.24) is 19.2 Å². The molecule has 142 valence electrons. The normalized spacial score (nSPS) is 17.9. The quantitative estimate of drug-likeness (QED) is 0.575. The van der Waals surface area contributed by atoms with Gasteiger partial charge in [-0.3, -0.25) is 9.47 Å². The summed E-state index contributed by atoms with van der Waals surface area (Å²) >= 11 is 7.53. The zero-order valence-electron chi connectivity index (χ0n) is 15.7. The van der Waals surface area contributed by atoms with Crippen LogP contribution in [-0.4, -0.2) is 39.4 Å². The number of hydrogen-bond donors (Lipinski definition) is 0. The van der Waals surface area contributed by atoms with E-state index in [4.69, 9.17) is 22.1 Å². The van der Waals surface area contributed by atoms with Crippen LogP contribution < -0.4 is 4.74 Å². The van der Waals surface area contributed by atoms with Crippen LogP contribution >= 0.6 is 23.6 Å². The van der Waals surface area contributed by atoms with Gasteiger partial charge in [0.2, 0.25) is 4.77 Å². The Hall–Kier alpha value is -1.96. The van der Waals surface area contributed by atoms with Gasteiger partial charge in [-0.05, 0) is 61.1 Å². The molecule has 4 rings (SSSR count). The second kappa shape index (κ2) is 7.96. The monoisotopic (exact) mass is 400 g/mol. The van der Waals surface area contributed by atoms with Crippen LogP contribution in [0.4, 0.5) is 0 Å². The fourth-order valence-electron chi connectivity index (χ4n) is 3.70. The van der Waals surface area contributed by atoms with E-state index in [1.54, 1.807) is 18.4 Å². The molecule has 5 nitrogen and oxygen atoms in total. The van der Waals surface area contributed by atoms with Crippen molar-refractivity contribution in [3.05, 3.63) is 46.5 Å². The molecule has 0 N–H and O–H groups in total. The Bertz CT molecular complexity index is 961. The lowest BCUT2D eigenvalue weighted by Gasteiger charge is -2.30. The minimum absolute atomic E-state index is 0.695. The highest BCUT2D eigenvalue weighted by Crippen LogP contribution is 2.31. The highest BCUT2D eigenvalue weighted by Gasteiger charge is 2.21. The summed E-state index contributed by atoms with van der Waals surface area (Å²) in [6.45, 7) is 5.24. The average Bonchev–Trinajstić information content (AvgIpc) is 3.31. The molecule has 1 saturated heterocycles. The van der Waals surface area contributed by atoms with Crippen molar-refractivity contribution < 1.29 is 4.74 Å². The number of nitrogens with zero attached hydrogens (tertiary/aromatic N) is 4. The van der Waals surface area contributed by atoms with E-state index in [2.05, 4.69) is 23.3 Å². The van der Waals surface area contributed by atoms with Crippen molar-refractivity contribution in [2.24, 2.45) is 5.92 Å². The molecule has 2 aromatic heterocycles. The molecule has 1 aromatic carbocycles. The predicted molar refractivity (Wildman–Crippen MR) is 112 cm³/mol. The van der Waals surface area contributed by atoms with Gasteiger partial charge in [0.25, 0.3) is 0 Å². The van der Waals surface area contributed by atoms with Crippen molar-refractivity contribution in [1.29, 1.82) is 0 Å². The molecule has 0 bridgehead atoms. The number of benzene rings is 1. The van der Waals surface area contributed by atoms with Gasteiger partial charge in [0, 0.05) is 6.54 Å². The first-order chi connectivity index (χ1) is 13.2. The van der Waals surface area contributed by atoms with Gasteiger partial charge in [0.05, 0.1) is 24.3 Å². The third kappa shape index (κ3) is 3.72. The molecule has 1 aliphatic heterocycles. The fraction of sp³-hybridized carbons (Fsp3) is 0.400. The van der Waals surface area contributed by atoms with Gasteiger partial charge in [-0.2, -0.15) is 0 Å². The summed E-state index contributed by atoms with van der Waals surface area (Å²) in [6, 6.07) is 12.1. The summed E-state index contributed by atoms with van der Waals surface area (Å²) in [5.41, 5.74) is 0.923. The third-order valence-corrected chi connectivity index (χ3v) is 6.24. The Morgan fingerprint density at radius 1 is 1.26 bits per heavy atom. The number of aromatic nitrogens is 3. The molecule has 1 fully saturated rings. The summed E-state index contributed by atoms with van der Waals surface area (Å²) < 4.78 is 10.3. The van der Waals surface area contributed by atoms with E-state index in [-0.39, 0.29) is 0 Å². The summed E-state index contributed by atoms with van der Waals surface area (Å²) in [7, 11) is 1.69. The molecule has 0 aliphatic carbocycles. The third-order valence-electron chi connectivity index (χ3n) is 4.98. The van der Waals surface area contributed by atoms with E-state index in [1.807, 2.05) is 39.6 Å². The topological polar surface area (TPSA) is 35.2 Å². The van der Waals surface area contributed by atoms with Crippen LogP contribution in [0, 0.1) is 10.7 Å². The molecule has 1 aliphatic rings. The maximum Gasteiger partial charge on any atom is 0.204 e.